The van der Waals surface area contributed by atoms with Crippen molar-refractivity contribution in [3.05, 3.63) is 46.4 Å². The van der Waals surface area contributed by atoms with Gasteiger partial charge in [0, 0.05) is 13.2 Å². The van der Waals surface area contributed by atoms with Gasteiger partial charge in [0.05, 0.1) is 17.9 Å². The monoisotopic (exact) mass is 362 g/mol. The molecule has 0 bridgehead atoms. The van der Waals surface area contributed by atoms with Crippen LogP contribution in [0.5, 0.6) is 0 Å². The molecule has 2 aromatic rings. The van der Waals surface area contributed by atoms with E-state index in [1.807, 2.05) is 37.3 Å². The molecule has 7 nitrogen and oxygen atoms in total. The molecule has 0 radical (unpaired) electrons. The van der Waals surface area contributed by atoms with Gasteiger partial charge in [-0.3, -0.25) is 9.36 Å². The first-order valence-corrected chi connectivity index (χ1v) is 9.26. The van der Waals surface area contributed by atoms with Crippen molar-refractivity contribution < 1.29 is 9.53 Å². The van der Waals surface area contributed by atoms with Crippen molar-refractivity contribution in [3.63, 3.8) is 0 Å². The fourth-order valence-electron chi connectivity index (χ4n) is 2.67. The predicted octanol–water partition coefficient (Wildman–Crippen LogP) is 1.40. The zero-order valence-electron chi connectivity index (χ0n) is 14.1. The Morgan fingerprint density at radius 1 is 1.48 bits per heavy atom. The number of amides is 1. The van der Waals surface area contributed by atoms with Crippen LogP contribution in [-0.2, 0) is 16.1 Å². The van der Waals surface area contributed by atoms with Crippen LogP contribution in [0.3, 0.4) is 0 Å². The van der Waals surface area contributed by atoms with Crippen LogP contribution >= 0.6 is 11.8 Å². The molecule has 3 rings (SSSR count). The second-order valence-corrected chi connectivity index (χ2v) is 7.33. The topological polar surface area (TPSA) is 89.0 Å². The molecule has 2 N–H and O–H groups in total. The summed E-state index contributed by atoms with van der Waals surface area (Å²) < 4.78 is 7.05. The second kappa shape index (κ2) is 8.35. The van der Waals surface area contributed by atoms with Gasteiger partial charge in [-0.05, 0) is 25.3 Å². The molecule has 134 valence electrons. The molecule has 0 saturated carbocycles. The van der Waals surface area contributed by atoms with Crippen molar-refractivity contribution in [2.24, 2.45) is 0 Å². The zero-order valence-corrected chi connectivity index (χ0v) is 14.9. The van der Waals surface area contributed by atoms with Crippen LogP contribution in [0, 0.1) is 0 Å². The van der Waals surface area contributed by atoms with Crippen LogP contribution in [-0.4, -0.2) is 45.2 Å². The summed E-state index contributed by atoms with van der Waals surface area (Å²) in [4.78, 5) is 24.3. The van der Waals surface area contributed by atoms with E-state index in [0.29, 0.717) is 18.2 Å². The normalized spacial score (nSPS) is 18.2. The lowest BCUT2D eigenvalue weighted by molar-refractivity contribution is -0.120. The molecule has 2 heterocycles. The molecule has 1 aromatic carbocycles. The third-order valence-electron chi connectivity index (χ3n) is 4.09. The molecule has 1 saturated heterocycles. The molecular weight excluding hydrogens is 340 g/mol. The Hall–Kier alpha value is -2.06. The van der Waals surface area contributed by atoms with Crippen LogP contribution in [0.25, 0.3) is 0 Å². The van der Waals surface area contributed by atoms with E-state index in [0.717, 1.165) is 25.0 Å². The van der Waals surface area contributed by atoms with Gasteiger partial charge in [-0.2, -0.15) is 0 Å². The molecular formula is C17H22N4O3S. The van der Waals surface area contributed by atoms with Gasteiger partial charge < -0.3 is 10.1 Å². The van der Waals surface area contributed by atoms with Gasteiger partial charge in [0.25, 0.3) is 0 Å². The lowest BCUT2D eigenvalue weighted by atomic mass is 10.2. The van der Waals surface area contributed by atoms with Crippen molar-refractivity contribution in [1.82, 2.24) is 20.1 Å². The van der Waals surface area contributed by atoms with E-state index in [4.69, 9.17) is 4.74 Å². The molecule has 1 fully saturated rings. The van der Waals surface area contributed by atoms with E-state index in [-0.39, 0.29) is 23.0 Å². The number of rotatable bonds is 7. The number of benzene rings is 1. The third kappa shape index (κ3) is 4.73. The summed E-state index contributed by atoms with van der Waals surface area (Å²) >= 11 is 1.27. The van der Waals surface area contributed by atoms with E-state index in [2.05, 4.69) is 15.5 Å². The SMILES string of the molecule is C[C@H](Sc1n[nH]c(=O)n1Cc1ccccc1)C(=O)NC[C@@H]1CCCO1. The van der Waals surface area contributed by atoms with E-state index in [1.165, 1.54) is 11.8 Å². The number of H-pyrrole nitrogens is 1. The number of ether oxygens (including phenoxy) is 1. The minimum atomic E-state index is -0.355. The van der Waals surface area contributed by atoms with Crippen molar-refractivity contribution in [1.29, 1.82) is 0 Å². The largest absolute Gasteiger partial charge is 0.376 e. The van der Waals surface area contributed by atoms with Gasteiger partial charge in [0.15, 0.2) is 5.16 Å². The summed E-state index contributed by atoms with van der Waals surface area (Å²) in [5.41, 5.74) is 0.724. The number of aromatic nitrogens is 3. The number of thioether (sulfide) groups is 1. The highest BCUT2D eigenvalue weighted by Gasteiger charge is 2.21. The van der Waals surface area contributed by atoms with Gasteiger partial charge in [0.1, 0.15) is 0 Å². The molecule has 1 aliphatic heterocycles. The highest BCUT2D eigenvalue weighted by Crippen LogP contribution is 2.21. The summed E-state index contributed by atoms with van der Waals surface area (Å²) in [5, 5.41) is 9.58. The third-order valence-corrected chi connectivity index (χ3v) is 5.18. The zero-order chi connectivity index (χ0) is 17.6. The maximum atomic E-state index is 12.3. The minimum Gasteiger partial charge on any atom is -0.376 e. The molecule has 1 aromatic heterocycles. The molecule has 0 spiro atoms. The number of nitrogens with one attached hydrogen (secondary N) is 2. The first-order valence-electron chi connectivity index (χ1n) is 8.38. The van der Waals surface area contributed by atoms with Crippen LogP contribution < -0.4 is 11.0 Å². The number of hydrogen-bond acceptors (Lipinski definition) is 5. The average molecular weight is 362 g/mol. The summed E-state index contributed by atoms with van der Waals surface area (Å²) in [6, 6.07) is 9.68. The standard InChI is InChI=1S/C17H22N4O3S/c1-12(15(22)18-10-14-8-5-9-24-14)25-17-20-19-16(23)21(17)11-13-6-3-2-4-7-13/h2-4,6-7,12,14H,5,8-11H2,1H3,(H,18,22)(H,19,23)/t12-,14-/m0/s1. The summed E-state index contributed by atoms with van der Waals surface area (Å²) in [5.74, 6) is -0.0813. The maximum absolute atomic E-state index is 12.3. The Balaban J connectivity index is 1.60. The Morgan fingerprint density at radius 3 is 3.00 bits per heavy atom. The number of hydrogen-bond donors (Lipinski definition) is 2. The lowest BCUT2D eigenvalue weighted by Gasteiger charge is -2.14. The Labute approximate surface area is 150 Å². The molecule has 1 aliphatic rings. The van der Waals surface area contributed by atoms with Gasteiger partial charge in [-0.25, -0.2) is 9.89 Å². The van der Waals surface area contributed by atoms with E-state index < -0.39 is 0 Å². The lowest BCUT2D eigenvalue weighted by Crippen LogP contribution is -2.36. The molecule has 8 heteroatoms. The van der Waals surface area contributed by atoms with Crippen molar-refractivity contribution in [3.8, 4) is 0 Å². The molecule has 0 aliphatic carbocycles. The smallest absolute Gasteiger partial charge is 0.344 e. The van der Waals surface area contributed by atoms with Crippen molar-refractivity contribution in [2.45, 2.75) is 42.8 Å². The molecule has 1 amide bonds. The number of carbonyl (C=O) groups excluding carboxylic acids is 1. The van der Waals surface area contributed by atoms with Crippen LogP contribution in [0.4, 0.5) is 0 Å². The van der Waals surface area contributed by atoms with E-state index in [1.54, 1.807) is 4.57 Å². The number of nitrogens with zero attached hydrogens (tertiary/aromatic N) is 2. The van der Waals surface area contributed by atoms with Gasteiger partial charge >= 0.3 is 5.69 Å². The van der Waals surface area contributed by atoms with Crippen molar-refractivity contribution in [2.75, 3.05) is 13.2 Å². The second-order valence-electron chi connectivity index (χ2n) is 6.02. The van der Waals surface area contributed by atoms with Crippen LogP contribution in [0.2, 0.25) is 0 Å². The molecule has 0 unspecified atom stereocenters. The summed E-state index contributed by atoms with van der Waals surface area (Å²) in [6.45, 7) is 3.52. The fraction of sp³-hybridized carbons (Fsp3) is 0.471. The quantitative estimate of drug-likeness (QED) is 0.727. The average Bonchev–Trinajstić information content (AvgIpc) is 3.26. The van der Waals surface area contributed by atoms with Crippen molar-refractivity contribution >= 4 is 17.7 Å². The molecule has 25 heavy (non-hydrogen) atoms. The predicted molar refractivity (Wildman–Crippen MR) is 95.7 cm³/mol. The first kappa shape index (κ1) is 17.8. The highest BCUT2D eigenvalue weighted by molar-refractivity contribution is 8.00. The van der Waals surface area contributed by atoms with Gasteiger partial charge in [-0.1, -0.05) is 42.1 Å². The van der Waals surface area contributed by atoms with Gasteiger partial charge in [0.2, 0.25) is 5.91 Å². The fourth-order valence-corrected chi connectivity index (χ4v) is 3.55. The number of aromatic amines is 1. The van der Waals surface area contributed by atoms with Crippen LogP contribution in [0.1, 0.15) is 25.3 Å². The highest BCUT2D eigenvalue weighted by atomic mass is 32.2. The Bertz CT molecular complexity index is 753. The summed E-state index contributed by atoms with van der Waals surface area (Å²) in [6.07, 6.45) is 2.14. The minimum absolute atomic E-state index is 0.0813. The maximum Gasteiger partial charge on any atom is 0.344 e. The number of carbonyl (C=O) groups is 1. The summed E-state index contributed by atoms with van der Waals surface area (Å²) in [7, 11) is 0. The van der Waals surface area contributed by atoms with E-state index in [9.17, 15) is 9.59 Å². The Morgan fingerprint density at radius 2 is 2.28 bits per heavy atom. The molecule has 2 atom stereocenters. The first-order chi connectivity index (χ1) is 12.1. The van der Waals surface area contributed by atoms with Crippen LogP contribution in [0.15, 0.2) is 40.3 Å². The van der Waals surface area contributed by atoms with E-state index >= 15 is 0 Å². The Kier molecular flexibility index (Phi) is 5.93. The van der Waals surface area contributed by atoms with Gasteiger partial charge in [-0.15, -0.1) is 5.10 Å².